The maximum atomic E-state index is 4.29. The third-order valence-corrected chi connectivity index (χ3v) is 4.10. The zero-order valence-electron chi connectivity index (χ0n) is 8.63. The predicted molar refractivity (Wildman–Crippen MR) is 66.9 cm³/mol. The Morgan fingerprint density at radius 1 is 1.50 bits per heavy atom. The summed E-state index contributed by atoms with van der Waals surface area (Å²) in [6.45, 7) is 5.26. The fourth-order valence-corrected chi connectivity index (χ4v) is 2.13. The summed E-state index contributed by atoms with van der Waals surface area (Å²) in [5.74, 6) is 0. The van der Waals surface area contributed by atoms with E-state index in [0.29, 0.717) is 4.83 Å². The van der Waals surface area contributed by atoms with Gasteiger partial charge in [0.25, 0.3) is 0 Å². The standard InChI is InChI=1S/C10H16Br2N2/c1-3-8(11)5-6-10-9(12)7-13-14(10)4-2/h7-8H,3-6H2,1-2H3. The van der Waals surface area contributed by atoms with E-state index in [2.05, 4.69) is 55.5 Å². The molecule has 1 atom stereocenters. The number of halogens is 2. The van der Waals surface area contributed by atoms with Gasteiger partial charge in [-0.25, -0.2) is 0 Å². The van der Waals surface area contributed by atoms with Crippen LogP contribution in [0.1, 0.15) is 32.4 Å². The van der Waals surface area contributed by atoms with E-state index in [4.69, 9.17) is 0 Å². The van der Waals surface area contributed by atoms with Gasteiger partial charge in [0.2, 0.25) is 0 Å². The largest absolute Gasteiger partial charge is 0.269 e. The molecular weight excluding hydrogens is 308 g/mol. The van der Waals surface area contributed by atoms with Crippen LogP contribution in [0.2, 0.25) is 0 Å². The summed E-state index contributed by atoms with van der Waals surface area (Å²) in [5.41, 5.74) is 1.31. The van der Waals surface area contributed by atoms with Crippen molar-refractivity contribution in [3.63, 3.8) is 0 Å². The number of rotatable bonds is 5. The number of hydrogen-bond donors (Lipinski definition) is 0. The van der Waals surface area contributed by atoms with E-state index >= 15 is 0 Å². The molecule has 4 heteroatoms. The second-order valence-electron chi connectivity index (χ2n) is 3.30. The van der Waals surface area contributed by atoms with E-state index < -0.39 is 0 Å². The van der Waals surface area contributed by atoms with Gasteiger partial charge in [-0.3, -0.25) is 4.68 Å². The highest BCUT2D eigenvalue weighted by atomic mass is 79.9. The summed E-state index contributed by atoms with van der Waals surface area (Å²) in [4.78, 5) is 0.620. The van der Waals surface area contributed by atoms with Crippen LogP contribution in [0, 0.1) is 0 Å². The van der Waals surface area contributed by atoms with Gasteiger partial charge < -0.3 is 0 Å². The first-order valence-corrected chi connectivity index (χ1v) is 6.74. The number of aryl methyl sites for hydroxylation is 1. The Labute approximate surface area is 102 Å². The first-order valence-electron chi connectivity index (χ1n) is 5.03. The fraction of sp³-hybridized carbons (Fsp3) is 0.700. The summed E-state index contributed by atoms with van der Waals surface area (Å²) < 4.78 is 3.19. The van der Waals surface area contributed by atoms with Gasteiger partial charge in [-0.1, -0.05) is 22.9 Å². The molecule has 0 aliphatic heterocycles. The molecule has 1 heterocycles. The second kappa shape index (κ2) is 5.91. The molecule has 1 rings (SSSR count). The van der Waals surface area contributed by atoms with Crippen LogP contribution < -0.4 is 0 Å². The summed E-state index contributed by atoms with van der Waals surface area (Å²) in [7, 11) is 0. The van der Waals surface area contributed by atoms with Gasteiger partial charge >= 0.3 is 0 Å². The topological polar surface area (TPSA) is 17.8 Å². The quantitative estimate of drug-likeness (QED) is 0.754. The smallest absolute Gasteiger partial charge is 0.0635 e. The van der Waals surface area contributed by atoms with Gasteiger partial charge in [-0.05, 0) is 42.1 Å². The molecule has 0 aliphatic carbocycles. The third kappa shape index (κ3) is 3.09. The average Bonchev–Trinajstić information content (AvgIpc) is 2.55. The van der Waals surface area contributed by atoms with Crippen molar-refractivity contribution >= 4 is 31.9 Å². The van der Waals surface area contributed by atoms with Crippen LogP contribution >= 0.6 is 31.9 Å². The van der Waals surface area contributed by atoms with Crippen molar-refractivity contribution in [2.75, 3.05) is 0 Å². The maximum absolute atomic E-state index is 4.29. The lowest BCUT2D eigenvalue weighted by Gasteiger charge is -2.08. The molecular formula is C10H16Br2N2. The van der Waals surface area contributed by atoms with Gasteiger partial charge in [0, 0.05) is 11.4 Å². The molecule has 80 valence electrons. The molecule has 1 unspecified atom stereocenters. The SMILES string of the molecule is CCC(Br)CCc1c(Br)cnn1CC. The fourth-order valence-electron chi connectivity index (χ4n) is 1.41. The highest BCUT2D eigenvalue weighted by molar-refractivity contribution is 9.10. The van der Waals surface area contributed by atoms with Crippen molar-refractivity contribution in [1.29, 1.82) is 0 Å². The molecule has 2 nitrogen and oxygen atoms in total. The van der Waals surface area contributed by atoms with E-state index in [1.54, 1.807) is 0 Å². The monoisotopic (exact) mass is 322 g/mol. The average molecular weight is 324 g/mol. The molecule has 0 N–H and O–H groups in total. The molecule has 0 saturated carbocycles. The van der Waals surface area contributed by atoms with Crippen LogP contribution in [-0.2, 0) is 13.0 Å². The van der Waals surface area contributed by atoms with Crippen molar-refractivity contribution in [3.8, 4) is 0 Å². The van der Waals surface area contributed by atoms with E-state index in [9.17, 15) is 0 Å². The second-order valence-corrected chi connectivity index (χ2v) is 5.45. The Morgan fingerprint density at radius 3 is 2.79 bits per heavy atom. The van der Waals surface area contributed by atoms with Gasteiger partial charge in [0.1, 0.15) is 0 Å². The third-order valence-electron chi connectivity index (χ3n) is 2.33. The lowest BCUT2D eigenvalue weighted by atomic mass is 10.1. The molecule has 0 radical (unpaired) electrons. The van der Waals surface area contributed by atoms with E-state index in [0.717, 1.165) is 17.4 Å². The maximum Gasteiger partial charge on any atom is 0.0635 e. The van der Waals surface area contributed by atoms with Gasteiger partial charge in [-0.2, -0.15) is 5.10 Å². The lowest BCUT2D eigenvalue weighted by molar-refractivity contribution is 0.603. The highest BCUT2D eigenvalue weighted by Crippen LogP contribution is 2.20. The molecule has 0 aliphatic rings. The normalized spacial score (nSPS) is 13.1. The van der Waals surface area contributed by atoms with E-state index in [1.165, 1.54) is 18.5 Å². The minimum Gasteiger partial charge on any atom is -0.269 e. The Balaban J connectivity index is 2.60. The van der Waals surface area contributed by atoms with Gasteiger partial charge in [0.05, 0.1) is 16.4 Å². The molecule has 0 aromatic carbocycles. The number of aromatic nitrogens is 2. The van der Waals surface area contributed by atoms with E-state index in [-0.39, 0.29) is 0 Å². The zero-order valence-corrected chi connectivity index (χ0v) is 11.8. The van der Waals surface area contributed by atoms with Crippen LogP contribution in [0.4, 0.5) is 0 Å². The van der Waals surface area contributed by atoms with E-state index in [1.807, 2.05) is 6.20 Å². The van der Waals surface area contributed by atoms with Crippen molar-refractivity contribution in [2.45, 2.75) is 44.5 Å². The summed E-state index contributed by atoms with van der Waals surface area (Å²) >= 11 is 7.18. The summed E-state index contributed by atoms with van der Waals surface area (Å²) in [6, 6.07) is 0. The van der Waals surface area contributed by atoms with Crippen LogP contribution in [0.5, 0.6) is 0 Å². The van der Waals surface area contributed by atoms with Crippen LogP contribution in [0.25, 0.3) is 0 Å². The highest BCUT2D eigenvalue weighted by Gasteiger charge is 2.09. The lowest BCUT2D eigenvalue weighted by Crippen LogP contribution is -2.06. The molecule has 0 amide bonds. The summed E-state index contributed by atoms with van der Waals surface area (Å²) in [6.07, 6.45) is 5.31. The predicted octanol–water partition coefficient (Wildman–Crippen LogP) is 3.77. The van der Waals surface area contributed by atoms with Crippen LogP contribution in [-0.4, -0.2) is 14.6 Å². The van der Waals surface area contributed by atoms with Gasteiger partial charge in [0.15, 0.2) is 0 Å². The number of nitrogens with zero attached hydrogens (tertiary/aromatic N) is 2. The van der Waals surface area contributed by atoms with Gasteiger partial charge in [-0.15, -0.1) is 0 Å². The van der Waals surface area contributed by atoms with Crippen molar-refractivity contribution in [1.82, 2.24) is 9.78 Å². The van der Waals surface area contributed by atoms with Crippen LogP contribution in [0.15, 0.2) is 10.7 Å². The molecule has 0 spiro atoms. The van der Waals surface area contributed by atoms with Crippen LogP contribution in [0.3, 0.4) is 0 Å². The van der Waals surface area contributed by atoms with Crippen molar-refractivity contribution in [3.05, 3.63) is 16.4 Å². The van der Waals surface area contributed by atoms with Crippen molar-refractivity contribution < 1.29 is 0 Å². The first-order chi connectivity index (χ1) is 6.69. The number of hydrogen-bond acceptors (Lipinski definition) is 1. The Bertz CT molecular complexity index is 284. The Kier molecular flexibility index (Phi) is 5.17. The molecule has 1 aromatic rings. The Hall–Kier alpha value is 0.170. The minimum absolute atomic E-state index is 0.620. The molecule has 0 fully saturated rings. The Morgan fingerprint density at radius 2 is 2.21 bits per heavy atom. The molecule has 1 aromatic heterocycles. The number of alkyl halides is 1. The molecule has 14 heavy (non-hydrogen) atoms. The summed E-state index contributed by atoms with van der Waals surface area (Å²) in [5, 5.41) is 4.29. The van der Waals surface area contributed by atoms with Crippen molar-refractivity contribution in [2.24, 2.45) is 0 Å². The zero-order chi connectivity index (χ0) is 10.6. The minimum atomic E-state index is 0.620. The first kappa shape index (κ1) is 12.2. The molecule has 0 saturated heterocycles. The molecule has 0 bridgehead atoms.